The fourth-order valence-electron chi connectivity index (χ4n) is 2.48. The molecule has 2 aromatic rings. The van der Waals surface area contributed by atoms with Crippen LogP contribution in [0.2, 0.25) is 0 Å². The molecule has 0 aliphatic heterocycles. The second-order valence-electron chi connectivity index (χ2n) is 5.47. The Morgan fingerprint density at radius 1 is 1.39 bits per heavy atom. The van der Waals surface area contributed by atoms with Gasteiger partial charge in [-0.2, -0.15) is 0 Å². The molecule has 0 aliphatic carbocycles. The fourth-order valence-corrected chi connectivity index (χ4v) is 2.48. The molecule has 0 bridgehead atoms. The number of amides is 1. The highest BCUT2D eigenvalue weighted by Gasteiger charge is 2.19. The summed E-state index contributed by atoms with van der Waals surface area (Å²) in [6.45, 7) is 5.83. The third-order valence-electron chi connectivity index (χ3n) is 3.80. The number of rotatable bonds is 5. The van der Waals surface area contributed by atoms with Crippen LogP contribution in [0.15, 0.2) is 15.3 Å². The lowest BCUT2D eigenvalue weighted by molar-refractivity contribution is -0.120. The van der Waals surface area contributed by atoms with E-state index in [0.29, 0.717) is 29.3 Å². The van der Waals surface area contributed by atoms with Crippen LogP contribution in [0.3, 0.4) is 0 Å². The van der Waals surface area contributed by atoms with Crippen molar-refractivity contribution in [3.8, 4) is 5.75 Å². The number of hydrogen-bond acceptors (Lipinski definition) is 5. The van der Waals surface area contributed by atoms with Crippen LogP contribution in [0.4, 0.5) is 0 Å². The zero-order valence-electron chi connectivity index (χ0n) is 13.4. The molecular weight excluding hydrogens is 298 g/mol. The smallest absolute Gasteiger partial charge is 0.340 e. The fraction of sp³-hybridized carbons (Fsp3) is 0.353. The first-order valence-electron chi connectivity index (χ1n) is 7.41. The van der Waals surface area contributed by atoms with Crippen molar-refractivity contribution in [2.45, 2.75) is 33.6 Å². The Bertz CT molecular complexity index is 835. The van der Waals surface area contributed by atoms with E-state index in [1.807, 2.05) is 6.92 Å². The highest BCUT2D eigenvalue weighted by molar-refractivity contribution is 5.99. The standard InChI is InChI=1S/C17H19NO5/c1-4-5-18-14(20)7-12-10(3)11-6-9(2)15(21)13(8-19)16(11)23-17(12)22/h6,8,21H,4-5,7H2,1-3H3,(H,18,20). The summed E-state index contributed by atoms with van der Waals surface area (Å²) in [5.74, 6) is -0.462. The maximum absolute atomic E-state index is 12.2. The van der Waals surface area contributed by atoms with Gasteiger partial charge < -0.3 is 14.8 Å². The normalized spacial score (nSPS) is 10.7. The van der Waals surface area contributed by atoms with Gasteiger partial charge in [-0.15, -0.1) is 0 Å². The Labute approximate surface area is 133 Å². The third-order valence-corrected chi connectivity index (χ3v) is 3.80. The second-order valence-corrected chi connectivity index (χ2v) is 5.47. The number of carbonyl (C=O) groups excluding carboxylic acids is 2. The van der Waals surface area contributed by atoms with Crippen LogP contribution < -0.4 is 10.9 Å². The number of aromatic hydroxyl groups is 1. The highest BCUT2D eigenvalue weighted by Crippen LogP contribution is 2.31. The van der Waals surface area contributed by atoms with Crippen molar-refractivity contribution in [3.05, 3.63) is 38.7 Å². The number of phenols is 1. The summed E-state index contributed by atoms with van der Waals surface area (Å²) in [6.07, 6.45) is 1.18. The summed E-state index contributed by atoms with van der Waals surface area (Å²) >= 11 is 0. The van der Waals surface area contributed by atoms with Gasteiger partial charge in [0.1, 0.15) is 5.75 Å². The molecule has 1 amide bonds. The van der Waals surface area contributed by atoms with E-state index < -0.39 is 5.63 Å². The molecule has 0 fully saturated rings. The minimum absolute atomic E-state index is 0.0447. The summed E-state index contributed by atoms with van der Waals surface area (Å²) < 4.78 is 5.21. The lowest BCUT2D eigenvalue weighted by Crippen LogP contribution is -2.28. The SMILES string of the molecule is CCCNC(=O)Cc1c(C)c2cc(C)c(O)c(C=O)c2oc1=O. The zero-order valence-corrected chi connectivity index (χ0v) is 13.4. The van der Waals surface area contributed by atoms with Crippen LogP contribution >= 0.6 is 0 Å². The molecule has 6 nitrogen and oxygen atoms in total. The van der Waals surface area contributed by atoms with E-state index in [1.165, 1.54) is 0 Å². The number of phenolic OH excluding ortho intramolecular Hbond substituents is 1. The van der Waals surface area contributed by atoms with E-state index in [0.717, 1.165) is 6.42 Å². The summed E-state index contributed by atoms with van der Waals surface area (Å²) in [5.41, 5.74) is 0.651. The molecule has 122 valence electrons. The Kier molecular flexibility index (Phi) is 4.83. The highest BCUT2D eigenvalue weighted by atomic mass is 16.4. The van der Waals surface area contributed by atoms with Crippen molar-refractivity contribution in [1.82, 2.24) is 5.32 Å². The molecule has 0 saturated heterocycles. The number of benzene rings is 1. The predicted octanol–water partition coefficient (Wildman–Crippen LogP) is 2.00. The second kappa shape index (κ2) is 6.64. The van der Waals surface area contributed by atoms with Gasteiger partial charge in [-0.05, 0) is 37.5 Å². The molecular formula is C17H19NO5. The molecule has 0 spiro atoms. The van der Waals surface area contributed by atoms with Gasteiger partial charge in [0.25, 0.3) is 0 Å². The van der Waals surface area contributed by atoms with E-state index in [-0.39, 0.29) is 34.8 Å². The molecule has 6 heteroatoms. The van der Waals surface area contributed by atoms with E-state index in [9.17, 15) is 19.5 Å². The Balaban J connectivity index is 2.62. The zero-order chi connectivity index (χ0) is 17.1. The average Bonchev–Trinajstić information content (AvgIpc) is 2.52. The van der Waals surface area contributed by atoms with Crippen LogP contribution in [-0.4, -0.2) is 23.8 Å². The molecule has 1 aromatic carbocycles. The number of hydrogen-bond donors (Lipinski definition) is 2. The lowest BCUT2D eigenvalue weighted by atomic mass is 9.98. The Morgan fingerprint density at radius 3 is 2.70 bits per heavy atom. The topological polar surface area (TPSA) is 96.6 Å². The van der Waals surface area contributed by atoms with Gasteiger partial charge in [0.2, 0.25) is 5.91 Å². The average molecular weight is 317 g/mol. The van der Waals surface area contributed by atoms with Gasteiger partial charge in [0.15, 0.2) is 11.9 Å². The maximum atomic E-state index is 12.2. The van der Waals surface area contributed by atoms with Crippen molar-refractivity contribution in [2.75, 3.05) is 6.54 Å². The molecule has 0 saturated carbocycles. The molecule has 0 aliphatic rings. The molecule has 2 N–H and O–H groups in total. The van der Waals surface area contributed by atoms with Gasteiger partial charge in [0, 0.05) is 11.9 Å². The van der Waals surface area contributed by atoms with Gasteiger partial charge in [0.05, 0.1) is 17.5 Å². The lowest BCUT2D eigenvalue weighted by Gasteiger charge is -2.11. The van der Waals surface area contributed by atoms with Crippen molar-refractivity contribution in [2.24, 2.45) is 0 Å². The van der Waals surface area contributed by atoms with Gasteiger partial charge in [-0.1, -0.05) is 6.92 Å². The largest absolute Gasteiger partial charge is 0.507 e. The predicted molar refractivity (Wildman–Crippen MR) is 86.0 cm³/mol. The van der Waals surface area contributed by atoms with Crippen LogP contribution in [0.1, 0.15) is 40.4 Å². The molecule has 23 heavy (non-hydrogen) atoms. The molecule has 1 heterocycles. The minimum atomic E-state index is -0.673. The number of nitrogens with one attached hydrogen (secondary N) is 1. The number of carbonyl (C=O) groups is 2. The van der Waals surface area contributed by atoms with Crippen molar-refractivity contribution in [3.63, 3.8) is 0 Å². The van der Waals surface area contributed by atoms with E-state index in [1.54, 1.807) is 19.9 Å². The Hall–Kier alpha value is -2.63. The van der Waals surface area contributed by atoms with Crippen LogP contribution in [0.5, 0.6) is 5.75 Å². The number of fused-ring (bicyclic) bond motifs is 1. The first-order valence-corrected chi connectivity index (χ1v) is 7.41. The van der Waals surface area contributed by atoms with Crippen LogP contribution in [0.25, 0.3) is 11.0 Å². The first-order chi connectivity index (χ1) is 10.9. The minimum Gasteiger partial charge on any atom is -0.507 e. The Morgan fingerprint density at radius 2 is 2.09 bits per heavy atom. The van der Waals surface area contributed by atoms with Crippen molar-refractivity contribution < 1.29 is 19.1 Å². The molecule has 0 atom stereocenters. The quantitative estimate of drug-likeness (QED) is 0.649. The summed E-state index contributed by atoms with van der Waals surface area (Å²) in [7, 11) is 0. The molecule has 0 radical (unpaired) electrons. The van der Waals surface area contributed by atoms with E-state index in [4.69, 9.17) is 4.42 Å². The molecule has 0 unspecified atom stereocenters. The number of aryl methyl sites for hydroxylation is 2. The van der Waals surface area contributed by atoms with Gasteiger partial charge in [-0.3, -0.25) is 9.59 Å². The van der Waals surface area contributed by atoms with Gasteiger partial charge in [-0.25, -0.2) is 4.79 Å². The summed E-state index contributed by atoms with van der Waals surface area (Å²) in [6, 6.07) is 1.64. The monoisotopic (exact) mass is 317 g/mol. The van der Waals surface area contributed by atoms with Crippen LogP contribution in [-0.2, 0) is 11.2 Å². The molecule has 1 aromatic heterocycles. The van der Waals surface area contributed by atoms with E-state index >= 15 is 0 Å². The molecule has 2 rings (SSSR count). The maximum Gasteiger partial charge on any atom is 0.340 e. The van der Waals surface area contributed by atoms with E-state index in [2.05, 4.69) is 5.32 Å². The van der Waals surface area contributed by atoms with Crippen molar-refractivity contribution >= 4 is 23.2 Å². The summed E-state index contributed by atoms with van der Waals surface area (Å²) in [5, 5.41) is 13.2. The van der Waals surface area contributed by atoms with Gasteiger partial charge >= 0.3 is 5.63 Å². The number of aldehydes is 1. The first kappa shape index (κ1) is 16.7. The van der Waals surface area contributed by atoms with Crippen LogP contribution in [0, 0.1) is 13.8 Å². The summed E-state index contributed by atoms with van der Waals surface area (Å²) in [4.78, 5) is 35.3. The van der Waals surface area contributed by atoms with Crippen molar-refractivity contribution in [1.29, 1.82) is 0 Å². The third kappa shape index (κ3) is 3.11.